The lowest BCUT2D eigenvalue weighted by atomic mass is 10.1. The number of benzene rings is 2. The predicted molar refractivity (Wildman–Crippen MR) is 127 cm³/mol. The highest BCUT2D eigenvalue weighted by atomic mass is 32.2. The molecule has 0 aromatic heterocycles. The number of aryl methyl sites for hydroxylation is 2. The van der Waals surface area contributed by atoms with Gasteiger partial charge >= 0.3 is 0 Å². The summed E-state index contributed by atoms with van der Waals surface area (Å²) in [5, 5.41) is 2.90. The molecule has 1 atom stereocenters. The number of carbonyl (C=O) groups excluding carboxylic acids is 1. The van der Waals surface area contributed by atoms with Crippen LogP contribution >= 0.6 is 0 Å². The average Bonchev–Trinajstić information content (AvgIpc) is 2.74. The molecule has 0 spiro atoms. The van der Waals surface area contributed by atoms with E-state index in [9.17, 15) is 13.2 Å². The maximum absolute atomic E-state index is 12.9. The molecular formula is C24H33N3O3S. The van der Waals surface area contributed by atoms with E-state index in [0.29, 0.717) is 12.2 Å². The van der Waals surface area contributed by atoms with E-state index in [1.807, 2.05) is 38.1 Å². The number of anilines is 2. The van der Waals surface area contributed by atoms with E-state index in [2.05, 4.69) is 22.3 Å². The summed E-state index contributed by atoms with van der Waals surface area (Å²) in [5.74, 6) is -0.327. The van der Waals surface area contributed by atoms with Crippen molar-refractivity contribution >= 4 is 27.3 Å². The number of carbonyl (C=O) groups is 1. The molecule has 0 bridgehead atoms. The third-order valence-electron chi connectivity index (χ3n) is 5.81. The maximum Gasteiger partial charge on any atom is 0.243 e. The van der Waals surface area contributed by atoms with Crippen molar-refractivity contribution in [2.75, 3.05) is 28.6 Å². The van der Waals surface area contributed by atoms with Gasteiger partial charge in [0.05, 0.1) is 11.9 Å². The highest BCUT2D eigenvalue weighted by Gasteiger charge is 2.30. The molecule has 2 aromatic rings. The number of nitrogens with one attached hydrogen (secondary N) is 1. The predicted octanol–water partition coefficient (Wildman–Crippen LogP) is 3.76. The van der Waals surface area contributed by atoms with Crippen LogP contribution in [0.1, 0.15) is 42.9 Å². The van der Waals surface area contributed by atoms with Gasteiger partial charge in [0.15, 0.2) is 0 Å². The lowest BCUT2D eigenvalue weighted by Crippen LogP contribution is -2.48. The zero-order valence-electron chi connectivity index (χ0n) is 18.9. The Balaban J connectivity index is 1.69. The number of hydrogen-bond acceptors (Lipinski definition) is 4. The second kappa shape index (κ2) is 9.73. The van der Waals surface area contributed by atoms with E-state index < -0.39 is 16.1 Å². The SMILES string of the molecule is Cc1ccc(C)c(N([C@H](C)C(=O)NCc2ccc(N3CCCCC3)cc2)S(C)(=O)=O)c1. The summed E-state index contributed by atoms with van der Waals surface area (Å²) < 4.78 is 26.3. The summed E-state index contributed by atoms with van der Waals surface area (Å²) in [7, 11) is -3.64. The lowest BCUT2D eigenvalue weighted by Gasteiger charge is -2.30. The molecule has 1 N–H and O–H groups in total. The van der Waals surface area contributed by atoms with Crippen LogP contribution in [0.15, 0.2) is 42.5 Å². The lowest BCUT2D eigenvalue weighted by molar-refractivity contribution is -0.122. The number of nitrogens with zero attached hydrogens (tertiary/aromatic N) is 2. The highest BCUT2D eigenvalue weighted by molar-refractivity contribution is 7.92. The van der Waals surface area contributed by atoms with Gasteiger partial charge in [0.1, 0.15) is 6.04 Å². The minimum Gasteiger partial charge on any atom is -0.372 e. The fourth-order valence-electron chi connectivity index (χ4n) is 4.05. The summed E-state index contributed by atoms with van der Waals surface area (Å²) in [5.41, 5.74) is 4.48. The van der Waals surface area contributed by atoms with Crippen LogP contribution in [0.3, 0.4) is 0 Å². The third-order valence-corrected chi connectivity index (χ3v) is 7.04. The molecule has 31 heavy (non-hydrogen) atoms. The van der Waals surface area contributed by atoms with Gasteiger partial charge in [-0.3, -0.25) is 9.10 Å². The number of rotatable bonds is 7. The van der Waals surface area contributed by atoms with Gasteiger partial charge in [0.25, 0.3) is 0 Å². The van der Waals surface area contributed by atoms with E-state index in [1.54, 1.807) is 13.0 Å². The zero-order chi connectivity index (χ0) is 22.6. The van der Waals surface area contributed by atoms with Gasteiger partial charge in [-0.15, -0.1) is 0 Å². The molecule has 1 saturated heterocycles. The van der Waals surface area contributed by atoms with E-state index >= 15 is 0 Å². The first kappa shape index (κ1) is 23.1. The Morgan fingerprint density at radius 3 is 2.32 bits per heavy atom. The second-order valence-corrected chi connectivity index (χ2v) is 10.3. The van der Waals surface area contributed by atoms with Crippen LogP contribution < -0.4 is 14.5 Å². The Morgan fingerprint density at radius 2 is 1.71 bits per heavy atom. The van der Waals surface area contributed by atoms with Crippen LogP contribution in [-0.2, 0) is 21.4 Å². The molecule has 0 aliphatic carbocycles. The molecule has 6 nitrogen and oxygen atoms in total. The van der Waals surface area contributed by atoms with Gasteiger partial charge in [-0.05, 0) is 74.9 Å². The van der Waals surface area contributed by atoms with Crippen molar-refractivity contribution in [2.24, 2.45) is 0 Å². The van der Waals surface area contributed by atoms with Crippen molar-refractivity contribution in [1.82, 2.24) is 5.32 Å². The smallest absolute Gasteiger partial charge is 0.243 e. The molecule has 1 aliphatic heterocycles. The first-order chi connectivity index (χ1) is 14.7. The highest BCUT2D eigenvalue weighted by Crippen LogP contribution is 2.26. The standard InChI is InChI=1S/C24H33N3O3S/c1-18-8-9-19(2)23(16-18)27(31(4,29)30)20(3)24(28)25-17-21-10-12-22(13-11-21)26-14-6-5-7-15-26/h8-13,16,20H,5-7,14-15,17H2,1-4H3,(H,25,28)/t20-/m1/s1. The van der Waals surface area contributed by atoms with Crippen molar-refractivity contribution in [2.45, 2.75) is 52.6 Å². The van der Waals surface area contributed by atoms with Crippen molar-refractivity contribution in [3.05, 3.63) is 59.2 Å². The Bertz CT molecular complexity index is 1010. The minimum absolute atomic E-state index is 0.327. The van der Waals surface area contributed by atoms with E-state index in [4.69, 9.17) is 0 Å². The van der Waals surface area contributed by atoms with Crippen LogP contribution in [0, 0.1) is 13.8 Å². The van der Waals surface area contributed by atoms with E-state index in [-0.39, 0.29) is 5.91 Å². The van der Waals surface area contributed by atoms with Crippen molar-refractivity contribution in [1.29, 1.82) is 0 Å². The first-order valence-electron chi connectivity index (χ1n) is 10.8. The number of piperidine rings is 1. The van der Waals surface area contributed by atoms with Crippen molar-refractivity contribution < 1.29 is 13.2 Å². The summed E-state index contributed by atoms with van der Waals surface area (Å²) in [4.78, 5) is 15.3. The molecule has 0 radical (unpaired) electrons. The number of amides is 1. The maximum atomic E-state index is 12.9. The van der Waals surface area contributed by atoms with Crippen LogP contribution in [0.5, 0.6) is 0 Å². The molecule has 3 rings (SSSR count). The molecule has 1 aliphatic rings. The fourth-order valence-corrected chi connectivity index (χ4v) is 5.28. The molecule has 7 heteroatoms. The quantitative estimate of drug-likeness (QED) is 0.707. The molecule has 0 unspecified atom stereocenters. The van der Waals surface area contributed by atoms with Crippen LogP contribution in [0.2, 0.25) is 0 Å². The fraction of sp³-hybridized carbons (Fsp3) is 0.458. The Morgan fingerprint density at radius 1 is 1.06 bits per heavy atom. The summed E-state index contributed by atoms with van der Waals surface area (Å²) in [6, 6.07) is 13.0. The van der Waals surface area contributed by atoms with E-state index in [0.717, 1.165) is 36.0 Å². The molecule has 0 saturated carbocycles. The number of hydrogen-bond donors (Lipinski definition) is 1. The molecule has 168 valence electrons. The number of sulfonamides is 1. The third kappa shape index (κ3) is 5.79. The first-order valence-corrected chi connectivity index (χ1v) is 12.7. The van der Waals surface area contributed by atoms with Gasteiger partial charge in [0, 0.05) is 25.3 Å². The van der Waals surface area contributed by atoms with Crippen molar-refractivity contribution in [3.63, 3.8) is 0 Å². The topological polar surface area (TPSA) is 69.7 Å². The largest absolute Gasteiger partial charge is 0.372 e. The van der Waals surface area contributed by atoms with Crippen molar-refractivity contribution in [3.8, 4) is 0 Å². The molecule has 2 aromatic carbocycles. The van der Waals surface area contributed by atoms with Crippen LogP contribution in [0.25, 0.3) is 0 Å². The molecule has 1 amide bonds. The van der Waals surface area contributed by atoms with Gasteiger partial charge < -0.3 is 10.2 Å². The molecule has 1 heterocycles. The Labute approximate surface area is 186 Å². The minimum atomic E-state index is -3.64. The summed E-state index contributed by atoms with van der Waals surface area (Å²) in [6.45, 7) is 7.91. The normalized spacial score (nSPS) is 15.4. The monoisotopic (exact) mass is 443 g/mol. The molecular weight excluding hydrogens is 410 g/mol. The van der Waals surface area contributed by atoms with Gasteiger partial charge in [-0.25, -0.2) is 8.42 Å². The summed E-state index contributed by atoms with van der Waals surface area (Å²) in [6.07, 6.45) is 4.89. The van der Waals surface area contributed by atoms with Gasteiger partial charge in [-0.2, -0.15) is 0 Å². The second-order valence-electron chi connectivity index (χ2n) is 8.46. The summed E-state index contributed by atoms with van der Waals surface area (Å²) >= 11 is 0. The molecule has 1 fully saturated rings. The Kier molecular flexibility index (Phi) is 7.26. The van der Waals surface area contributed by atoms with Crippen LogP contribution in [0.4, 0.5) is 11.4 Å². The average molecular weight is 444 g/mol. The van der Waals surface area contributed by atoms with Crippen LogP contribution in [-0.4, -0.2) is 39.7 Å². The van der Waals surface area contributed by atoms with Gasteiger partial charge in [0.2, 0.25) is 15.9 Å². The zero-order valence-corrected chi connectivity index (χ0v) is 19.7. The van der Waals surface area contributed by atoms with E-state index in [1.165, 1.54) is 29.3 Å². The Hall–Kier alpha value is -2.54. The van der Waals surface area contributed by atoms with Gasteiger partial charge in [-0.1, -0.05) is 24.3 Å².